The van der Waals surface area contributed by atoms with Crippen molar-refractivity contribution in [2.45, 2.75) is 32.1 Å². The fraction of sp³-hybridized carbons (Fsp3) is 0.214. The molecular weight excluding hydrogens is 510 g/mol. The Morgan fingerprint density at radius 2 is 1.95 bits per heavy atom. The molecule has 3 aromatic carbocycles. The number of hydrogen-bond donors (Lipinski definition) is 1. The Morgan fingerprint density at radius 1 is 1.16 bits per heavy atom. The Morgan fingerprint density at radius 3 is 2.68 bits per heavy atom. The van der Waals surface area contributed by atoms with Crippen LogP contribution in [0.3, 0.4) is 0 Å². The minimum absolute atomic E-state index is 0.0104. The third-order valence-electron chi connectivity index (χ3n) is 6.02. The Bertz CT molecular complexity index is 1460. The van der Waals surface area contributed by atoms with Gasteiger partial charge in [-0.05, 0) is 24.6 Å². The SMILES string of the molecule is CCCCCOc1ccccc1C1C(C#N)=C(N)Oc2cc(OC(=O)c3cc([N+](=O)[O-])ccc3Cl)ccc21. The van der Waals surface area contributed by atoms with Crippen LogP contribution in [-0.4, -0.2) is 17.5 Å². The smallest absolute Gasteiger partial charge is 0.345 e. The second kappa shape index (κ2) is 11.7. The van der Waals surface area contributed by atoms with Gasteiger partial charge in [0.2, 0.25) is 5.88 Å². The average molecular weight is 534 g/mol. The Kier molecular flexibility index (Phi) is 8.14. The molecule has 0 aromatic heterocycles. The molecule has 0 amide bonds. The first-order valence-corrected chi connectivity index (χ1v) is 12.3. The van der Waals surface area contributed by atoms with E-state index in [0.717, 1.165) is 30.9 Å². The van der Waals surface area contributed by atoms with Gasteiger partial charge in [-0.3, -0.25) is 10.1 Å². The van der Waals surface area contributed by atoms with E-state index in [1.807, 2.05) is 24.3 Å². The number of allylic oxidation sites excluding steroid dienone is 1. The first kappa shape index (κ1) is 26.5. The van der Waals surface area contributed by atoms with Gasteiger partial charge in [-0.2, -0.15) is 5.26 Å². The van der Waals surface area contributed by atoms with E-state index in [1.54, 1.807) is 12.1 Å². The van der Waals surface area contributed by atoms with Crippen LogP contribution in [0, 0.1) is 21.4 Å². The summed E-state index contributed by atoms with van der Waals surface area (Å²) < 4.78 is 17.2. The normalized spacial score (nSPS) is 14.2. The highest BCUT2D eigenvalue weighted by molar-refractivity contribution is 6.33. The number of ether oxygens (including phenoxy) is 3. The van der Waals surface area contributed by atoms with Gasteiger partial charge < -0.3 is 19.9 Å². The van der Waals surface area contributed by atoms with Gasteiger partial charge >= 0.3 is 5.97 Å². The first-order valence-electron chi connectivity index (χ1n) is 11.9. The number of halogens is 1. The van der Waals surface area contributed by atoms with E-state index in [2.05, 4.69) is 13.0 Å². The molecule has 4 rings (SSSR count). The van der Waals surface area contributed by atoms with Crippen molar-refractivity contribution in [1.29, 1.82) is 5.26 Å². The highest BCUT2D eigenvalue weighted by atomic mass is 35.5. The number of nitrogens with zero attached hydrogens (tertiary/aromatic N) is 2. The van der Waals surface area contributed by atoms with Crippen LogP contribution in [0.2, 0.25) is 5.02 Å². The van der Waals surface area contributed by atoms with E-state index in [9.17, 15) is 20.2 Å². The number of esters is 1. The quantitative estimate of drug-likeness (QED) is 0.112. The minimum atomic E-state index is -0.877. The maximum Gasteiger partial charge on any atom is 0.345 e. The number of carbonyl (C=O) groups excluding carboxylic acids is 1. The highest BCUT2D eigenvalue weighted by Gasteiger charge is 2.33. The van der Waals surface area contributed by atoms with Crippen molar-refractivity contribution in [1.82, 2.24) is 0 Å². The number of hydrogen-bond acceptors (Lipinski definition) is 8. The molecule has 0 radical (unpaired) electrons. The highest BCUT2D eigenvalue weighted by Crippen LogP contribution is 2.46. The predicted molar refractivity (Wildman–Crippen MR) is 140 cm³/mol. The zero-order valence-corrected chi connectivity index (χ0v) is 21.2. The van der Waals surface area contributed by atoms with Crippen molar-refractivity contribution in [3.63, 3.8) is 0 Å². The lowest BCUT2D eigenvalue weighted by Gasteiger charge is -2.28. The fourth-order valence-electron chi connectivity index (χ4n) is 4.15. The number of nitro groups is 1. The molecule has 0 fully saturated rings. The van der Waals surface area contributed by atoms with Gasteiger partial charge in [0, 0.05) is 29.3 Å². The summed E-state index contributed by atoms with van der Waals surface area (Å²) in [5.74, 6) is -0.482. The predicted octanol–water partition coefficient (Wildman–Crippen LogP) is 6.25. The van der Waals surface area contributed by atoms with E-state index in [-0.39, 0.29) is 33.5 Å². The molecule has 0 saturated carbocycles. The standard InChI is InChI=1S/C28H24ClN3O6/c1-2-3-6-13-36-24-8-5-4-7-19(24)26-20-11-10-18(15-25(20)38-27(31)22(26)16-30)37-28(33)21-14-17(32(34)35)9-12-23(21)29/h4-5,7-12,14-15,26H,2-3,6,13,31H2,1H3. The molecule has 10 heteroatoms. The van der Waals surface area contributed by atoms with E-state index < -0.39 is 16.8 Å². The van der Waals surface area contributed by atoms with Crippen molar-refractivity contribution < 1.29 is 23.9 Å². The zero-order chi connectivity index (χ0) is 27.2. The molecule has 1 heterocycles. The Hall–Kier alpha value is -4.55. The van der Waals surface area contributed by atoms with E-state index in [1.165, 1.54) is 18.2 Å². The largest absolute Gasteiger partial charge is 0.493 e. The van der Waals surface area contributed by atoms with E-state index >= 15 is 0 Å². The maximum atomic E-state index is 12.8. The molecule has 0 bridgehead atoms. The molecule has 3 aromatic rings. The summed E-state index contributed by atoms with van der Waals surface area (Å²) >= 11 is 6.07. The number of fused-ring (bicyclic) bond motifs is 1. The summed E-state index contributed by atoms with van der Waals surface area (Å²) in [6, 6.07) is 17.8. The van der Waals surface area contributed by atoms with E-state index in [0.29, 0.717) is 23.7 Å². The fourth-order valence-corrected chi connectivity index (χ4v) is 4.34. The molecular formula is C28H24ClN3O6. The molecule has 9 nitrogen and oxygen atoms in total. The van der Waals surface area contributed by atoms with Crippen LogP contribution in [0.25, 0.3) is 0 Å². The maximum absolute atomic E-state index is 12.8. The number of rotatable bonds is 9. The van der Waals surface area contributed by atoms with Gasteiger partial charge in [0.1, 0.15) is 28.9 Å². The number of para-hydroxylation sites is 1. The van der Waals surface area contributed by atoms with Crippen molar-refractivity contribution in [2.24, 2.45) is 5.73 Å². The van der Waals surface area contributed by atoms with Crippen LogP contribution >= 0.6 is 11.6 Å². The molecule has 1 aliphatic rings. The number of non-ortho nitro benzene ring substituents is 1. The van der Waals surface area contributed by atoms with Crippen LogP contribution < -0.4 is 19.9 Å². The molecule has 1 atom stereocenters. The monoisotopic (exact) mass is 533 g/mol. The summed E-state index contributed by atoms with van der Waals surface area (Å²) in [5.41, 5.74) is 7.30. The third-order valence-corrected chi connectivity index (χ3v) is 6.35. The van der Waals surface area contributed by atoms with Crippen molar-refractivity contribution in [3.05, 3.63) is 104 Å². The Balaban J connectivity index is 1.67. The van der Waals surface area contributed by atoms with Crippen LogP contribution in [0.15, 0.2) is 72.1 Å². The molecule has 0 spiro atoms. The number of benzene rings is 3. The average Bonchev–Trinajstić information content (AvgIpc) is 2.90. The number of nitriles is 1. The lowest BCUT2D eigenvalue weighted by molar-refractivity contribution is -0.384. The van der Waals surface area contributed by atoms with Crippen molar-refractivity contribution in [2.75, 3.05) is 6.61 Å². The third kappa shape index (κ3) is 5.56. The van der Waals surface area contributed by atoms with E-state index in [4.69, 9.17) is 31.5 Å². The zero-order valence-electron chi connectivity index (χ0n) is 20.5. The van der Waals surface area contributed by atoms with Gasteiger partial charge in [-0.1, -0.05) is 55.6 Å². The molecule has 0 saturated heterocycles. The molecule has 1 unspecified atom stereocenters. The van der Waals surface area contributed by atoms with Gasteiger partial charge in [-0.15, -0.1) is 0 Å². The number of nitrogens with two attached hydrogens (primary N) is 1. The van der Waals surface area contributed by atoms with Gasteiger partial charge in [0.25, 0.3) is 5.69 Å². The number of nitro benzene ring substituents is 1. The minimum Gasteiger partial charge on any atom is -0.493 e. The second-order valence-corrected chi connectivity index (χ2v) is 8.94. The lowest BCUT2D eigenvalue weighted by Crippen LogP contribution is -2.21. The van der Waals surface area contributed by atoms with Crippen LogP contribution in [0.5, 0.6) is 17.2 Å². The summed E-state index contributed by atoms with van der Waals surface area (Å²) in [6.45, 7) is 2.65. The molecule has 1 aliphatic heterocycles. The van der Waals surface area contributed by atoms with Gasteiger partial charge in [-0.25, -0.2) is 4.79 Å². The summed E-state index contributed by atoms with van der Waals surface area (Å²) in [5, 5.41) is 21.0. The van der Waals surface area contributed by atoms with Crippen molar-refractivity contribution >= 4 is 23.3 Å². The lowest BCUT2D eigenvalue weighted by atomic mass is 9.83. The molecule has 194 valence electrons. The molecule has 0 aliphatic carbocycles. The number of carbonyl (C=O) groups is 1. The molecule has 38 heavy (non-hydrogen) atoms. The number of unbranched alkanes of at least 4 members (excludes halogenated alkanes) is 2. The van der Waals surface area contributed by atoms with Crippen LogP contribution in [0.4, 0.5) is 5.69 Å². The van der Waals surface area contributed by atoms with Crippen LogP contribution in [-0.2, 0) is 0 Å². The topological polar surface area (TPSA) is 138 Å². The molecule has 2 N–H and O–H groups in total. The second-order valence-electron chi connectivity index (χ2n) is 8.53. The van der Waals surface area contributed by atoms with Gasteiger partial charge in [0.15, 0.2) is 0 Å². The summed E-state index contributed by atoms with van der Waals surface area (Å²) in [6.07, 6.45) is 3.01. The first-order chi connectivity index (χ1) is 18.3. The van der Waals surface area contributed by atoms with Gasteiger partial charge in [0.05, 0.1) is 28.0 Å². The van der Waals surface area contributed by atoms with Crippen LogP contribution in [0.1, 0.15) is 53.6 Å². The summed E-state index contributed by atoms with van der Waals surface area (Å²) in [4.78, 5) is 23.2. The Labute approximate surface area is 224 Å². The van der Waals surface area contributed by atoms with Crippen molar-refractivity contribution in [3.8, 4) is 23.3 Å². The summed E-state index contributed by atoms with van der Waals surface area (Å²) in [7, 11) is 0.